The standard InChI is InChI=1S/C20H22N2O4/c1-25-20(24)18-5-3-2-4-17(18)14-6-8-15(9-7-14)19(23)22-13-16-12-21-10-11-26-16/h2-9,16,21H,10-13H2,1H3,(H,22,23)/t16-/m1/s1. The van der Waals surface area contributed by atoms with E-state index in [0.717, 1.165) is 24.2 Å². The Kier molecular flexibility index (Phi) is 5.99. The van der Waals surface area contributed by atoms with Gasteiger partial charge in [0.2, 0.25) is 0 Å². The van der Waals surface area contributed by atoms with Crippen molar-refractivity contribution in [2.45, 2.75) is 6.10 Å². The van der Waals surface area contributed by atoms with Crippen LogP contribution in [0.25, 0.3) is 11.1 Å². The normalized spacial score (nSPS) is 16.7. The summed E-state index contributed by atoms with van der Waals surface area (Å²) in [4.78, 5) is 24.2. The fourth-order valence-corrected chi connectivity index (χ4v) is 2.88. The third kappa shape index (κ3) is 4.28. The molecule has 3 rings (SSSR count). The van der Waals surface area contributed by atoms with E-state index in [1.54, 1.807) is 24.3 Å². The first-order valence-electron chi connectivity index (χ1n) is 8.57. The molecule has 2 aromatic rings. The largest absolute Gasteiger partial charge is 0.465 e. The van der Waals surface area contributed by atoms with Crippen LogP contribution in [0.2, 0.25) is 0 Å². The number of nitrogens with one attached hydrogen (secondary N) is 2. The summed E-state index contributed by atoms with van der Waals surface area (Å²) in [7, 11) is 1.36. The SMILES string of the molecule is COC(=O)c1ccccc1-c1ccc(C(=O)NC[C@H]2CNCCO2)cc1. The average molecular weight is 354 g/mol. The molecule has 0 unspecified atom stereocenters. The lowest BCUT2D eigenvalue weighted by atomic mass is 9.98. The van der Waals surface area contributed by atoms with Gasteiger partial charge in [-0.1, -0.05) is 30.3 Å². The highest BCUT2D eigenvalue weighted by atomic mass is 16.5. The predicted octanol–water partition coefficient (Wildman–Crippen LogP) is 1.86. The maximum Gasteiger partial charge on any atom is 0.338 e. The number of benzene rings is 2. The molecule has 0 saturated carbocycles. The van der Waals surface area contributed by atoms with Gasteiger partial charge in [0.1, 0.15) is 0 Å². The summed E-state index contributed by atoms with van der Waals surface area (Å²) in [6.45, 7) is 2.72. The van der Waals surface area contributed by atoms with Gasteiger partial charge in [0.25, 0.3) is 5.91 Å². The first-order chi connectivity index (χ1) is 12.7. The van der Waals surface area contributed by atoms with Crippen LogP contribution < -0.4 is 10.6 Å². The molecule has 1 aliphatic rings. The topological polar surface area (TPSA) is 76.7 Å². The van der Waals surface area contributed by atoms with Crippen molar-refractivity contribution >= 4 is 11.9 Å². The van der Waals surface area contributed by atoms with Gasteiger partial charge in [-0.05, 0) is 29.3 Å². The maximum atomic E-state index is 12.3. The quantitative estimate of drug-likeness (QED) is 0.802. The van der Waals surface area contributed by atoms with Crippen molar-refractivity contribution in [3.05, 3.63) is 59.7 Å². The van der Waals surface area contributed by atoms with Crippen molar-refractivity contribution in [3.63, 3.8) is 0 Å². The first-order valence-corrected chi connectivity index (χ1v) is 8.57. The van der Waals surface area contributed by atoms with Gasteiger partial charge in [0.15, 0.2) is 0 Å². The molecule has 1 heterocycles. The van der Waals surface area contributed by atoms with Crippen LogP contribution in [-0.4, -0.2) is 51.3 Å². The number of esters is 1. The van der Waals surface area contributed by atoms with E-state index >= 15 is 0 Å². The molecule has 0 radical (unpaired) electrons. The Bertz CT molecular complexity index is 768. The van der Waals surface area contributed by atoms with Gasteiger partial charge in [-0.15, -0.1) is 0 Å². The molecule has 2 N–H and O–H groups in total. The monoisotopic (exact) mass is 354 g/mol. The van der Waals surface area contributed by atoms with E-state index in [4.69, 9.17) is 9.47 Å². The van der Waals surface area contributed by atoms with Crippen LogP contribution in [0, 0.1) is 0 Å². The maximum absolute atomic E-state index is 12.3. The molecular weight excluding hydrogens is 332 g/mol. The molecule has 0 bridgehead atoms. The van der Waals surface area contributed by atoms with E-state index in [-0.39, 0.29) is 18.0 Å². The van der Waals surface area contributed by atoms with Gasteiger partial charge in [0, 0.05) is 25.2 Å². The highest BCUT2D eigenvalue weighted by molar-refractivity contribution is 5.98. The van der Waals surface area contributed by atoms with E-state index in [0.29, 0.717) is 24.3 Å². The smallest absolute Gasteiger partial charge is 0.338 e. The van der Waals surface area contributed by atoms with Crippen LogP contribution >= 0.6 is 0 Å². The lowest BCUT2D eigenvalue weighted by Crippen LogP contribution is -2.45. The van der Waals surface area contributed by atoms with Gasteiger partial charge in [0.05, 0.1) is 25.4 Å². The molecule has 1 atom stereocenters. The van der Waals surface area contributed by atoms with Crippen molar-refractivity contribution < 1.29 is 19.1 Å². The number of carbonyl (C=O) groups excluding carboxylic acids is 2. The van der Waals surface area contributed by atoms with Gasteiger partial charge >= 0.3 is 5.97 Å². The molecule has 2 aromatic carbocycles. The predicted molar refractivity (Wildman–Crippen MR) is 98.2 cm³/mol. The Morgan fingerprint density at radius 2 is 1.96 bits per heavy atom. The average Bonchev–Trinajstić information content (AvgIpc) is 2.72. The summed E-state index contributed by atoms with van der Waals surface area (Å²) < 4.78 is 10.4. The van der Waals surface area contributed by atoms with Crippen LogP contribution in [-0.2, 0) is 9.47 Å². The van der Waals surface area contributed by atoms with Crippen LogP contribution in [0.1, 0.15) is 20.7 Å². The second-order valence-electron chi connectivity index (χ2n) is 6.02. The first kappa shape index (κ1) is 18.1. The number of carbonyl (C=O) groups is 2. The van der Waals surface area contributed by atoms with E-state index in [9.17, 15) is 9.59 Å². The summed E-state index contributed by atoms with van der Waals surface area (Å²) in [5, 5.41) is 6.12. The molecule has 6 heteroatoms. The minimum Gasteiger partial charge on any atom is -0.465 e. The van der Waals surface area contributed by atoms with Gasteiger partial charge in [-0.3, -0.25) is 4.79 Å². The highest BCUT2D eigenvalue weighted by Crippen LogP contribution is 2.24. The molecular formula is C20H22N2O4. The van der Waals surface area contributed by atoms with Crippen molar-refractivity contribution in [1.82, 2.24) is 10.6 Å². The van der Waals surface area contributed by atoms with Crippen LogP contribution in [0.15, 0.2) is 48.5 Å². The van der Waals surface area contributed by atoms with E-state index in [1.165, 1.54) is 7.11 Å². The number of ether oxygens (including phenoxy) is 2. The molecule has 26 heavy (non-hydrogen) atoms. The van der Waals surface area contributed by atoms with Crippen molar-refractivity contribution in [1.29, 1.82) is 0 Å². The van der Waals surface area contributed by atoms with Gasteiger partial charge < -0.3 is 20.1 Å². The van der Waals surface area contributed by atoms with Gasteiger partial charge in [-0.25, -0.2) is 4.79 Å². The fraction of sp³-hybridized carbons (Fsp3) is 0.300. The van der Waals surface area contributed by atoms with Crippen molar-refractivity contribution in [2.24, 2.45) is 0 Å². The van der Waals surface area contributed by atoms with Crippen molar-refractivity contribution in [2.75, 3.05) is 33.4 Å². The summed E-state index contributed by atoms with van der Waals surface area (Å²) in [5.41, 5.74) is 2.68. The number of morpholine rings is 1. The van der Waals surface area contributed by atoms with Gasteiger partial charge in [-0.2, -0.15) is 0 Å². The molecule has 136 valence electrons. The Labute approximate surface area is 152 Å². The minimum absolute atomic E-state index is 0.00101. The number of hydrogen-bond acceptors (Lipinski definition) is 5. The number of methoxy groups -OCH3 is 1. The zero-order chi connectivity index (χ0) is 18.4. The molecule has 6 nitrogen and oxygen atoms in total. The Balaban J connectivity index is 1.68. The second kappa shape index (κ2) is 8.60. The Morgan fingerprint density at radius 3 is 2.65 bits per heavy atom. The molecule has 1 aliphatic heterocycles. The minimum atomic E-state index is -0.386. The van der Waals surface area contributed by atoms with E-state index < -0.39 is 0 Å². The molecule has 0 spiro atoms. The molecule has 0 aromatic heterocycles. The van der Waals surface area contributed by atoms with E-state index in [2.05, 4.69) is 10.6 Å². The number of amides is 1. The van der Waals surface area contributed by atoms with Crippen LogP contribution in [0.3, 0.4) is 0 Å². The zero-order valence-electron chi connectivity index (χ0n) is 14.7. The molecule has 1 fully saturated rings. The lowest BCUT2D eigenvalue weighted by Gasteiger charge is -2.23. The zero-order valence-corrected chi connectivity index (χ0v) is 14.7. The third-order valence-electron chi connectivity index (χ3n) is 4.29. The van der Waals surface area contributed by atoms with E-state index in [1.807, 2.05) is 24.3 Å². The fourth-order valence-electron chi connectivity index (χ4n) is 2.88. The number of rotatable bonds is 5. The summed E-state index contributed by atoms with van der Waals surface area (Å²) in [6.07, 6.45) is -0.00101. The summed E-state index contributed by atoms with van der Waals surface area (Å²) in [5.74, 6) is -0.532. The second-order valence-corrected chi connectivity index (χ2v) is 6.02. The lowest BCUT2D eigenvalue weighted by molar-refractivity contribution is 0.0287. The Hall–Kier alpha value is -2.70. The van der Waals surface area contributed by atoms with Crippen LogP contribution in [0.5, 0.6) is 0 Å². The number of hydrogen-bond donors (Lipinski definition) is 2. The molecule has 0 aliphatic carbocycles. The third-order valence-corrected chi connectivity index (χ3v) is 4.29. The molecule has 1 amide bonds. The molecule has 1 saturated heterocycles. The van der Waals surface area contributed by atoms with Crippen LogP contribution in [0.4, 0.5) is 0 Å². The highest BCUT2D eigenvalue weighted by Gasteiger charge is 2.16. The summed E-state index contributed by atoms with van der Waals surface area (Å²) >= 11 is 0. The van der Waals surface area contributed by atoms with Crippen molar-refractivity contribution in [3.8, 4) is 11.1 Å². The summed E-state index contributed by atoms with van der Waals surface area (Å²) in [6, 6.07) is 14.4. The Morgan fingerprint density at radius 1 is 1.19 bits per heavy atom.